The average Bonchev–Trinajstić information content (AvgIpc) is 3.28. The molecule has 0 aromatic heterocycles. The van der Waals surface area contributed by atoms with E-state index in [9.17, 15) is 14.4 Å². The van der Waals surface area contributed by atoms with Crippen molar-refractivity contribution in [3.05, 3.63) is 83.9 Å². The number of hydrazone groups is 1. The monoisotopic (exact) mass is 430 g/mol. The lowest BCUT2D eigenvalue weighted by Gasteiger charge is -2.11. The van der Waals surface area contributed by atoms with Gasteiger partial charge in [-0.25, -0.2) is 5.43 Å². The fourth-order valence-electron chi connectivity index (χ4n) is 2.90. The summed E-state index contributed by atoms with van der Waals surface area (Å²) in [5.41, 5.74) is 3.81. The number of nitrogens with zero attached hydrogens (tertiary/aromatic N) is 1. The van der Waals surface area contributed by atoms with E-state index < -0.39 is 17.7 Å². The zero-order valence-electron chi connectivity index (χ0n) is 16.7. The minimum Gasteiger partial charge on any atom is -0.454 e. The second-order valence-corrected chi connectivity index (χ2v) is 6.63. The molecule has 0 fully saturated rings. The lowest BCUT2D eigenvalue weighted by atomic mass is 10.1. The Bertz CT molecular complexity index is 1190. The molecule has 1 heterocycles. The second kappa shape index (κ2) is 9.43. The molecule has 1 aliphatic heterocycles. The van der Waals surface area contributed by atoms with Crippen molar-refractivity contribution in [2.24, 2.45) is 5.10 Å². The van der Waals surface area contributed by atoms with Crippen molar-refractivity contribution in [2.45, 2.75) is 0 Å². The summed E-state index contributed by atoms with van der Waals surface area (Å²) in [4.78, 5) is 37.0. The Labute approximate surface area is 183 Å². The van der Waals surface area contributed by atoms with Crippen molar-refractivity contribution in [2.75, 3.05) is 17.4 Å². The lowest BCUT2D eigenvalue weighted by Crippen LogP contribution is -2.33. The summed E-state index contributed by atoms with van der Waals surface area (Å²) in [6, 6.07) is 20.4. The predicted octanol–water partition coefficient (Wildman–Crippen LogP) is 2.76. The number of rotatable bonds is 5. The summed E-state index contributed by atoms with van der Waals surface area (Å²) < 4.78 is 10.5. The Hall–Kier alpha value is -4.66. The van der Waals surface area contributed by atoms with Crippen LogP contribution in [-0.4, -0.2) is 30.7 Å². The molecule has 4 rings (SSSR count). The molecule has 0 spiro atoms. The Morgan fingerprint density at radius 2 is 1.56 bits per heavy atom. The van der Waals surface area contributed by atoms with Gasteiger partial charge in [-0.05, 0) is 48.0 Å². The summed E-state index contributed by atoms with van der Waals surface area (Å²) >= 11 is 0. The third-order valence-corrected chi connectivity index (χ3v) is 4.43. The number of hydrogen-bond donors (Lipinski definition) is 3. The molecule has 0 saturated carbocycles. The highest BCUT2D eigenvalue weighted by molar-refractivity contribution is 6.40. The van der Waals surface area contributed by atoms with Gasteiger partial charge in [0.25, 0.3) is 5.91 Å². The van der Waals surface area contributed by atoms with Crippen molar-refractivity contribution in [3.63, 3.8) is 0 Å². The van der Waals surface area contributed by atoms with Crippen molar-refractivity contribution >= 4 is 35.3 Å². The molecule has 0 atom stereocenters. The van der Waals surface area contributed by atoms with Crippen LogP contribution in [0, 0.1) is 0 Å². The van der Waals surface area contributed by atoms with Crippen molar-refractivity contribution in [3.8, 4) is 11.5 Å². The maximum absolute atomic E-state index is 12.6. The molecule has 3 amide bonds. The van der Waals surface area contributed by atoms with E-state index in [2.05, 4.69) is 21.2 Å². The number of anilines is 2. The molecule has 160 valence electrons. The number of para-hydroxylation sites is 2. The van der Waals surface area contributed by atoms with Crippen LogP contribution >= 0.6 is 0 Å². The van der Waals surface area contributed by atoms with E-state index in [0.717, 1.165) is 0 Å². The average molecular weight is 430 g/mol. The van der Waals surface area contributed by atoms with Crippen LogP contribution in [0.15, 0.2) is 77.9 Å². The number of fused-ring (bicyclic) bond motifs is 1. The molecular weight excluding hydrogens is 412 g/mol. The van der Waals surface area contributed by atoms with Crippen LogP contribution in [0.3, 0.4) is 0 Å². The molecule has 9 nitrogen and oxygen atoms in total. The first kappa shape index (κ1) is 20.6. The molecular formula is C23H18N4O5. The van der Waals surface area contributed by atoms with Gasteiger partial charge in [-0.15, -0.1) is 0 Å². The van der Waals surface area contributed by atoms with Crippen LogP contribution in [-0.2, 0) is 9.59 Å². The molecule has 3 N–H and O–H groups in total. The zero-order valence-corrected chi connectivity index (χ0v) is 16.7. The van der Waals surface area contributed by atoms with E-state index in [0.29, 0.717) is 22.7 Å². The van der Waals surface area contributed by atoms with Crippen molar-refractivity contribution in [1.29, 1.82) is 0 Å². The smallest absolute Gasteiger partial charge is 0.329 e. The van der Waals surface area contributed by atoms with Crippen LogP contribution in [0.25, 0.3) is 0 Å². The zero-order chi connectivity index (χ0) is 22.3. The van der Waals surface area contributed by atoms with Gasteiger partial charge in [-0.2, -0.15) is 5.10 Å². The Balaban J connectivity index is 1.37. The van der Waals surface area contributed by atoms with Gasteiger partial charge in [0.15, 0.2) is 11.5 Å². The Kier molecular flexibility index (Phi) is 6.08. The Morgan fingerprint density at radius 1 is 0.812 bits per heavy atom. The maximum Gasteiger partial charge on any atom is 0.329 e. The molecule has 1 aliphatic rings. The number of nitrogens with one attached hydrogen (secondary N) is 3. The van der Waals surface area contributed by atoms with Gasteiger partial charge >= 0.3 is 11.8 Å². The number of carbonyl (C=O) groups is 3. The van der Waals surface area contributed by atoms with Crippen LogP contribution in [0.1, 0.15) is 15.9 Å². The Morgan fingerprint density at radius 3 is 2.41 bits per heavy atom. The molecule has 3 aromatic carbocycles. The number of amides is 3. The van der Waals surface area contributed by atoms with Crippen molar-refractivity contribution < 1.29 is 23.9 Å². The minimum atomic E-state index is -0.986. The van der Waals surface area contributed by atoms with E-state index >= 15 is 0 Å². The molecule has 0 bridgehead atoms. The third-order valence-electron chi connectivity index (χ3n) is 4.43. The van der Waals surface area contributed by atoms with Gasteiger partial charge in [0.2, 0.25) is 6.79 Å². The van der Waals surface area contributed by atoms with E-state index in [-0.39, 0.29) is 18.0 Å². The first-order valence-corrected chi connectivity index (χ1v) is 9.59. The molecule has 0 aliphatic carbocycles. The standard InChI is InChI=1S/C23H18N4O5/c28-21(25-16-6-2-1-3-7-16)17-8-4-5-9-18(17)26-22(29)23(30)27-24-13-15-10-11-19-20(12-15)32-14-31-19/h1-13H,14H2,(H,25,28)(H,26,29)(H,27,30)/b24-13+. The van der Waals surface area contributed by atoms with E-state index in [1.165, 1.54) is 12.3 Å². The molecule has 3 aromatic rings. The van der Waals surface area contributed by atoms with Gasteiger partial charge in [0.1, 0.15) is 0 Å². The predicted molar refractivity (Wildman–Crippen MR) is 118 cm³/mol. The lowest BCUT2D eigenvalue weighted by molar-refractivity contribution is -0.136. The largest absolute Gasteiger partial charge is 0.454 e. The van der Waals surface area contributed by atoms with E-state index in [4.69, 9.17) is 9.47 Å². The molecule has 0 radical (unpaired) electrons. The summed E-state index contributed by atoms with van der Waals surface area (Å²) in [7, 11) is 0. The summed E-state index contributed by atoms with van der Waals surface area (Å²) in [6.45, 7) is 0.150. The first-order chi connectivity index (χ1) is 15.6. The van der Waals surface area contributed by atoms with Crippen molar-refractivity contribution in [1.82, 2.24) is 5.43 Å². The van der Waals surface area contributed by atoms with Gasteiger partial charge in [-0.1, -0.05) is 30.3 Å². The number of benzene rings is 3. The number of ether oxygens (including phenoxy) is 2. The van der Waals surface area contributed by atoms with E-state index in [1.807, 2.05) is 6.07 Å². The number of hydrogen-bond acceptors (Lipinski definition) is 6. The van der Waals surface area contributed by atoms with Crippen LogP contribution in [0.4, 0.5) is 11.4 Å². The normalized spacial score (nSPS) is 11.8. The molecule has 0 saturated heterocycles. The van der Waals surface area contributed by atoms with Gasteiger partial charge in [0.05, 0.1) is 17.5 Å². The fourth-order valence-corrected chi connectivity index (χ4v) is 2.90. The molecule has 0 unspecified atom stereocenters. The number of carbonyl (C=O) groups excluding carboxylic acids is 3. The molecule has 32 heavy (non-hydrogen) atoms. The van der Waals surface area contributed by atoms with Gasteiger partial charge in [-0.3, -0.25) is 14.4 Å². The second-order valence-electron chi connectivity index (χ2n) is 6.63. The summed E-state index contributed by atoms with van der Waals surface area (Å²) in [5.74, 6) is -1.18. The third kappa shape index (κ3) is 4.90. The van der Waals surface area contributed by atoms with Crippen LogP contribution in [0.5, 0.6) is 11.5 Å². The van der Waals surface area contributed by atoms with Crippen LogP contribution in [0.2, 0.25) is 0 Å². The van der Waals surface area contributed by atoms with Crippen LogP contribution < -0.4 is 25.5 Å². The summed E-state index contributed by atoms with van der Waals surface area (Å²) in [6.07, 6.45) is 1.37. The SMILES string of the molecule is O=C(N/N=C/c1ccc2c(c1)OCO2)C(=O)Nc1ccccc1C(=O)Nc1ccccc1. The van der Waals surface area contributed by atoms with Gasteiger partial charge < -0.3 is 20.1 Å². The quantitative estimate of drug-likeness (QED) is 0.327. The summed E-state index contributed by atoms with van der Waals surface area (Å²) in [5, 5.41) is 8.96. The molecule has 9 heteroatoms. The van der Waals surface area contributed by atoms with Gasteiger partial charge in [0, 0.05) is 5.69 Å². The topological polar surface area (TPSA) is 118 Å². The minimum absolute atomic E-state index is 0.150. The highest BCUT2D eigenvalue weighted by Crippen LogP contribution is 2.31. The first-order valence-electron chi connectivity index (χ1n) is 9.59. The maximum atomic E-state index is 12.6. The highest BCUT2D eigenvalue weighted by Gasteiger charge is 2.18. The van der Waals surface area contributed by atoms with E-state index in [1.54, 1.807) is 60.7 Å². The fraction of sp³-hybridized carbons (Fsp3) is 0.0435. The highest BCUT2D eigenvalue weighted by atomic mass is 16.7.